The third-order valence-corrected chi connectivity index (χ3v) is 19.6. The largest absolute Gasteiger partial charge is 0.508 e. The lowest BCUT2D eigenvalue weighted by Crippen LogP contribution is -2.66. The molecule has 7 heterocycles. The van der Waals surface area contributed by atoms with Gasteiger partial charge in [0.25, 0.3) is 0 Å². The number of aliphatic hydroxyl groups is 6. The molecule has 7 aliphatic heterocycles. The van der Waals surface area contributed by atoms with E-state index in [0.717, 1.165) is 72.8 Å². The minimum atomic E-state index is -2.39. The molecule has 35 nitrogen and oxygen atoms in total. The maximum absolute atomic E-state index is 16.1. The van der Waals surface area contributed by atoms with Crippen molar-refractivity contribution in [2.24, 2.45) is 17.4 Å². The zero-order chi connectivity index (χ0) is 79.6. The van der Waals surface area contributed by atoms with Crippen LogP contribution in [0.1, 0.15) is 118 Å². The normalized spacial score (nSPS) is 27.6. The Labute approximate surface area is 642 Å². The van der Waals surface area contributed by atoms with Gasteiger partial charge in [-0.05, 0) is 109 Å². The molecule has 21 N–H and O–H groups in total. The Hall–Kier alpha value is -10.7. The third kappa shape index (κ3) is 18.2. The highest BCUT2D eigenvalue weighted by Crippen LogP contribution is 2.50. The third-order valence-electron chi connectivity index (χ3n) is 19.0. The number of phenols is 3. The number of nitrogens with one attached hydrogen (secondary N) is 7. The summed E-state index contributed by atoms with van der Waals surface area (Å²) in [7, 11) is 0. The molecule has 0 aliphatic carbocycles. The molecular weight excluding hydrogens is 1500 g/mol. The number of carbonyl (C=O) groups excluding carboxylic acids is 8. The Morgan fingerprint density at radius 1 is 0.694 bits per heavy atom. The van der Waals surface area contributed by atoms with Crippen LogP contribution in [0.25, 0.3) is 11.1 Å². The number of carboxylic acid groups (broad SMARTS) is 1. The summed E-state index contributed by atoms with van der Waals surface area (Å²) in [6.07, 6.45) is -21.0. The molecule has 3 unspecified atom stereocenters. The first-order chi connectivity index (χ1) is 52.1. The Balaban J connectivity index is 0.0000131. The second kappa shape index (κ2) is 34.3. The van der Waals surface area contributed by atoms with Gasteiger partial charge in [-0.2, -0.15) is 0 Å². The van der Waals surface area contributed by atoms with Crippen molar-refractivity contribution >= 4 is 76.6 Å². The maximum atomic E-state index is 16.1. The summed E-state index contributed by atoms with van der Waals surface area (Å²) in [5, 5.41) is 132. The number of aromatic hydroxyl groups is 3. The predicted octanol–water partition coefficient (Wildman–Crippen LogP) is 2.45. The molecule has 11 bridgehead atoms. The van der Waals surface area contributed by atoms with Crippen LogP contribution in [-0.2, 0) is 63.9 Å². The van der Waals surface area contributed by atoms with Crippen molar-refractivity contribution in [3.63, 3.8) is 0 Å². The summed E-state index contributed by atoms with van der Waals surface area (Å²) in [5.74, 6) is -16.7. The molecule has 8 amide bonds. The summed E-state index contributed by atoms with van der Waals surface area (Å²) in [6, 6.07) is 7.12. The van der Waals surface area contributed by atoms with Crippen molar-refractivity contribution in [3.8, 4) is 57.1 Å². The summed E-state index contributed by atoms with van der Waals surface area (Å²) < 4.78 is 44.3. The number of carbonyl (C=O) groups is 9. The van der Waals surface area contributed by atoms with Gasteiger partial charge in [0, 0.05) is 29.2 Å². The predicted molar refractivity (Wildman–Crippen MR) is 387 cm³/mol. The monoisotopic (exact) mass is 1580 g/mol. The second-order valence-electron chi connectivity index (χ2n) is 27.6. The number of benzene rings is 6. The lowest BCUT2D eigenvalue weighted by Gasteiger charge is -2.48. The Morgan fingerprint density at radius 2 is 1.31 bits per heavy atom. The van der Waals surface area contributed by atoms with Crippen LogP contribution < -0.4 is 62.9 Å². The maximum Gasteiger partial charge on any atom is 0.407 e. The highest BCUT2D eigenvalue weighted by atomic mass is 35.5. The number of primary amides is 1. The van der Waals surface area contributed by atoms with Crippen LogP contribution in [0.3, 0.4) is 0 Å². The van der Waals surface area contributed by atoms with Crippen molar-refractivity contribution < 1.29 is 127 Å². The van der Waals surface area contributed by atoms with Crippen LogP contribution in [0.2, 0.25) is 10.0 Å². The minimum absolute atomic E-state index is 0. The standard InChI is InChI=1S/C73H79Cl2N9O26.CH4/c1-28(2)16-40(76)64(95)82-55-57(90)32-11-14-44(38(74)18-32)106-46-20-34-21-47(61(46)110-71-62(60(93)59(92)48(26-85)108-71)109-50-25-73(4,63(94)29(3)105-50)84-72(103)104-27-30-8-6-5-7-9-30)107-45-15-12-33(19-39(45)75)58(91)56-69(100)81-54(70(101)102)37-22-35(86)23-43(88)51(37)36-17-31(10-13-42(36)87)52(66(97)83-56)80-67(98)53(34)79-65(96)41(24-49(77)89)78-68(55)99;/h5-15,17-23,28-29,40-41,48,50,52-60,62-63,71,85-88,90-94H,16,24-27,76H2,1-4H3,(H2,77,89)(H,78,99)(H,79,96)(H,80,98)(H,81,100)(H,82,95)(H,83,97)(H,84,103)(H,101,102);1H4/t29-,40-,41-,48+,50-,52+,53+,54-,55+,56?,57+,58+,59+,60-,62?,63+,71?,73-;/m0./s1. The van der Waals surface area contributed by atoms with Gasteiger partial charge >= 0.3 is 12.1 Å². The van der Waals surface area contributed by atoms with E-state index in [1.165, 1.54) is 19.9 Å². The summed E-state index contributed by atoms with van der Waals surface area (Å²) >= 11 is 14.2. The molecule has 18 atom stereocenters. The smallest absolute Gasteiger partial charge is 0.407 e. The first-order valence-corrected chi connectivity index (χ1v) is 35.1. The number of fused-ring (bicyclic) bond motifs is 15. The fraction of sp³-hybridized carbons (Fsp3) is 0.392. The van der Waals surface area contributed by atoms with Gasteiger partial charge in [0.05, 0.1) is 40.8 Å². The number of alkyl carbamates (subject to hydrolysis) is 1. The van der Waals surface area contributed by atoms with E-state index in [-0.39, 0.29) is 48.8 Å². The van der Waals surface area contributed by atoms with Gasteiger partial charge < -0.3 is 133 Å². The van der Waals surface area contributed by atoms with Crippen LogP contribution in [0.15, 0.2) is 109 Å². The number of rotatable bonds is 15. The van der Waals surface area contributed by atoms with Gasteiger partial charge in [-0.25, -0.2) is 9.59 Å². The Morgan fingerprint density at radius 3 is 1.92 bits per heavy atom. The fourth-order valence-corrected chi connectivity index (χ4v) is 13.8. The van der Waals surface area contributed by atoms with Gasteiger partial charge in [-0.15, -0.1) is 0 Å². The number of hydrogen-bond donors (Lipinski definition) is 19. The van der Waals surface area contributed by atoms with Crippen LogP contribution >= 0.6 is 23.2 Å². The number of carboxylic acids is 1. The van der Waals surface area contributed by atoms with E-state index >= 15 is 14.4 Å². The summed E-state index contributed by atoms with van der Waals surface area (Å²) in [4.78, 5) is 130. The van der Waals surface area contributed by atoms with Gasteiger partial charge in [-0.3, -0.25) is 33.6 Å². The van der Waals surface area contributed by atoms with Crippen molar-refractivity contribution in [1.29, 1.82) is 0 Å². The molecule has 7 aliphatic rings. The van der Waals surface area contributed by atoms with Gasteiger partial charge in [-0.1, -0.05) is 93.0 Å². The van der Waals surface area contributed by atoms with Crippen LogP contribution in [0, 0.1) is 5.92 Å². The van der Waals surface area contributed by atoms with Crippen molar-refractivity contribution in [1.82, 2.24) is 37.2 Å². The van der Waals surface area contributed by atoms with E-state index in [9.17, 15) is 79.8 Å². The average molecular weight is 1590 g/mol. The van der Waals surface area contributed by atoms with E-state index in [4.69, 9.17) is 67.8 Å². The zero-order valence-corrected chi connectivity index (χ0v) is 60.2. The summed E-state index contributed by atoms with van der Waals surface area (Å²) in [6.45, 7) is 5.19. The second-order valence-corrected chi connectivity index (χ2v) is 28.4. The quantitative estimate of drug-likeness (QED) is 0.0702. The topological polar surface area (TPSA) is 557 Å². The zero-order valence-electron chi connectivity index (χ0n) is 58.7. The van der Waals surface area contributed by atoms with E-state index < -0.39 is 255 Å². The van der Waals surface area contributed by atoms with E-state index in [1.807, 2.05) is 0 Å². The minimum Gasteiger partial charge on any atom is -0.508 e. The Kier molecular flexibility index (Phi) is 25.6. The molecule has 37 heteroatoms. The molecule has 2 fully saturated rings. The number of halogens is 2. The van der Waals surface area contributed by atoms with E-state index in [1.54, 1.807) is 44.2 Å². The molecule has 0 radical (unpaired) electrons. The molecule has 594 valence electrons. The lowest BCUT2D eigenvalue weighted by molar-refractivity contribution is -0.334. The van der Waals surface area contributed by atoms with Crippen LogP contribution in [0.4, 0.5) is 4.79 Å². The first kappa shape index (κ1) is 82.8. The van der Waals surface area contributed by atoms with E-state index in [2.05, 4.69) is 37.2 Å². The molecule has 0 spiro atoms. The van der Waals surface area contributed by atoms with E-state index in [0.29, 0.717) is 5.56 Å². The number of phenolic OH excluding ortho intramolecular Hbond substituents is 3. The number of hydrogen-bond acceptors (Lipinski definition) is 26. The number of amides is 8. The molecule has 111 heavy (non-hydrogen) atoms. The highest BCUT2D eigenvalue weighted by molar-refractivity contribution is 6.32. The summed E-state index contributed by atoms with van der Waals surface area (Å²) in [5.41, 5.74) is 7.95. The van der Waals surface area contributed by atoms with Crippen molar-refractivity contribution in [2.75, 3.05) is 6.61 Å². The van der Waals surface area contributed by atoms with Crippen LogP contribution in [0.5, 0.6) is 46.0 Å². The van der Waals surface area contributed by atoms with Gasteiger partial charge in [0.2, 0.25) is 53.4 Å². The number of aliphatic carboxylic acids is 1. The SMILES string of the molecule is C.CC(C)C[C@H](N)C(=O)N[C@H]1C(=O)N[C@@H](CC(N)=O)C(=O)N[C@H]2C(=O)N[C@H]3C(=O)NC(C(=O)N[C@H](C(=O)O)c4cc(O)cc(O)c4-c4cc3ccc4O)[C@H](O)c3ccc(c(Cl)c3)Oc3cc2cc(c3OC2O[C@H](CO)[C@@H](O)[C@H](O)C2O[C@H]2C[C@](C)(NC(=O)OCc3ccccc3)[C@H](O)[C@H](C)O2)Oc2ccc(cc2Cl)[C@H]1O. The molecular formula is C74H83Cl2N9O26. The molecule has 13 rings (SSSR count). The molecule has 0 saturated carbocycles. The fourth-order valence-electron chi connectivity index (χ4n) is 13.4. The first-order valence-electron chi connectivity index (χ1n) is 34.3. The van der Waals surface area contributed by atoms with Gasteiger partial charge in [0.15, 0.2) is 29.9 Å². The average Bonchev–Trinajstić information content (AvgIpc) is 0.770. The number of ether oxygens (including phenoxy) is 7. The molecule has 6 aromatic rings. The lowest BCUT2D eigenvalue weighted by atomic mass is 9.85. The van der Waals surface area contributed by atoms with Gasteiger partial charge in [0.1, 0.15) is 102 Å². The Bertz CT molecular complexity index is 4560. The van der Waals surface area contributed by atoms with Crippen molar-refractivity contribution in [3.05, 3.63) is 153 Å². The molecule has 6 aromatic carbocycles. The molecule has 0 aromatic heterocycles. The highest BCUT2D eigenvalue weighted by Gasteiger charge is 2.53. The van der Waals surface area contributed by atoms with Crippen molar-refractivity contribution in [2.45, 2.75) is 170 Å². The number of nitrogens with two attached hydrogens (primary N) is 2. The van der Waals surface area contributed by atoms with Crippen LogP contribution in [-0.4, -0.2) is 190 Å². The number of aliphatic hydroxyl groups excluding tert-OH is 6. The molecule has 2 saturated heterocycles.